The standard InChI is InChI=1S/C11H13NO3/c1-7(13)9-5-8(6-11(12)14)3-4-10(9)15-2/h3-5H,6H2,1-2H3,(H2,12,14). The van der Waals surface area contributed by atoms with Gasteiger partial charge in [-0.25, -0.2) is 0 Å². The molecule has 80 valence electrons. The third kappa shape index (κ3) is 2.80. The first-order valence-corrected chi connectivity index (χ1v) is 4.50. The second-order valence-electron chi connectivity index (χ2n) is 3.23. The molecule has 0 aliphatic rings. The number of Topliss-reactive ketones (excluding diaryl/α,β-unsaturated/α-hetero) is 1. The van der Waals surface area contributed by atoms with Crippen molar-refractivity contribution in [1.82, 2.24) is 0 Å². The number of primary amides is 1. The fraction of sp³-hybridized carbons (Fsp3) is 0.273. The van der Waals surface area contributed by atoms with Crippen LogP contribution in [0.2, 0.25) is 0 Å². The van der Waals surface area contributed by atoms with Gasteiger partial charge in [0.1, 0.15) is 5.75 Å². The van der Waals surface area contributed by atoms with Gasteiger partial charge >= 0.3 is 0 Å². The lowest BCUT2D eigenvalue weighted by molar-refractivity contribution is -0.117. The summed E-state index contributed by atoms with van der Waals surface area (Å²) in [4.78, 5) is 22.0. The lowest BCUT2D eigenvalue weighted by Gasteiger charge is -2.07. The van der Waals surface area contributed by atoms with E-state index < -0.39 is 5.91 Å². The molecule has 0 saturated carbocycles. The molecule has 4 heteroatoms. The highest BCUT2D eigenvalue weighted by Crippen LogP contribution is 2.20. The fourth-order valence-electron chi connectivity index (χ4n) is 1.34. The number of ketones is 1. The number of methoxy groups -OCH3 is 1. The highest BCUT2D eigenvalue weighted by atomic mass is 16.5. The number of benzene rings is 1. The highest BCUT2D eigenvalue weighted by Gasteiger charge is 2.09. The number of rotatable bonds is 4. The summed E-state index contributed by atoms with van der Waals surface area (Å²) >= 11 is 0. The number of amides is 1. The first-order valence-electron chi connectivity index (χ1n) is 4.50. The molecular formula is C11H13NO3. The molecule has 1 rings (SSSR count). The quantitative estimate of drug-likeness (QED) is 0.746. The Morgan fingerprint density at radius 2 is 2.07 bits per heavy atom. The second kappa shape index (κ2) is 4.59. The average molecular weight is 207 g/mol. The Morgan fingerprint density at radius 3 is 2.53 bits per heavy atom. The summed E-state index contributed by atoms with van der Waals surface area (Å²) in [5.74, 6) is -0.0106. The minimum absolute atomic E-state index is 0.0989. The molecule has 0 spiro atoms. The molecule has 0 atom stereocenters. The second-order valence-corrected chi connectivity index (χ2v) is 3.23. The highest BCUT2D eigenvalue weighted by molar-refractivity contribution is 5.97. The van der Waals surface area contributed by atoms with Gasteiger partial charge in [-0.2, -0.15) is 0 Å². The third-order valence-electron chi connectivity index (χ3n) is 2.02. The maximum absolute atomic E-state index is 11.3. The molecule has 4 nitrogen and oxygen atoms in total. The van der Waals surface area contributed by atoms with Crippen molar-refractivity contribution in [2.24, 2.45) is 5.73 Å². The van der Waals surface area contributed by atoms with Crippen LogP contribution in [0.3, 0.4) is 0 Å². The van der Waals surface area contributed by atoms with E-state index in [1.165, 1.54) is 14.0 Å². The van der Waals surface area contributed by atoms with Gasteiger partial charge in [-0.1, -0.05) is 6.07 Å². The van der Waals surface area contributed by atoms with Crippen LogP contribution in [0.15, 0.2) is 18.2 Å². The first kappa shape index (κ1) is 11.2. The van der Waals surface area contributed by atoms with Crippen LogP contribution in [0.1, 0.15) is 22.8 Å². The minimum Gasteiger partial charge on any atom is -0.496 e. The summed E-state index contributed by atoms with van der Waals surface area (Å²) in [5.41, 5.74) is 6.25. The van der Waals surface area contributed by atoms with E-state index in [2.05, 4.69) is 0 Å². The molecular weight excluding hydrogens is 194 g/mol. The lowest BCUT2D eigenvalue weighted by Crippen LogP contribution is -2.14. The summed E-state index contributed by atoms with van der Waals surface area (Å²) in [6.07, 6.45) is 0.129. The summed E-state index contributed by atoms with van der Waals surface area (Å²) in [6, 6.07) is 5.01. The molecule has 0 heterocycles. The van der Waals surface area contributed by atoms with Gasteiger partial charge in [0, 0.05) is 0 Å². The van der Waals surface area contributed by atoms with Crippen molar-refractivity contribution in [2.75, 3.05) is 7.11 Å². The van der Waals surface area contributed by atoms with E-state index in [9.17, 15) is 9.59 Å². The fourth-order valence-corrected chi connectivity index (χ4v) is 1.34. The van der Waals surface area contributed by atoms with Crippen LogP contribution in [0.4, 0.5) is 0 Å². The van der Waals surface area contributed by atoms with E-state index in [4.69, 9.17) is 10.5 Å². The summed E-state index contributed by atoms with van der Waals surface area (Å²) < 4.78 is 5.03. The predicted octanol–water partition coefficient (Wildman–Crippen LogP) is 0.926. The number of hydrogen-bond donors (Lipinski definition) is 1. The Morgan fingerprint density at radius 1 is 1.40 bits per heavy atom. The van der Waals surface area contributed by atoms with Crippen LogP contribution in [-0.4, -0.2) is 18.8 Å². The lowest BCUT2D eigenvalue weighted by atomic mass is 10.0. The molecule has 0 radical (unpaired) electrons. The number of nitrogens with two attached hydrogens (primary N) is 1. The molecule has 1 aromatic carbocycles. The molecule has 0 fully saturated rings. The molecule has 0 aliphatic carbocycles. The monoisotopic (exact) mass is 207 g/mol. The number of carbonyl (C=O) groups excluding carboxylic acids is 2. The normalized spacial score (nSPS) is 9.73. The Bertz CT molecular complexity index is 399. The van der Waals surface area contributed by atoms with Crippen LogP contribution in [0, 0.1) is 0 Å². The van der Waals surface area contributed by atoms with Gasteiger partial charge in [0.25, 0.3) is 0 Å². The Balaban J connectivity index is 3.10. The molecule has 15 heavy (non-hydrogen) atoms. The summed E-state index contributed by atoms with van der Waals surface area (Å²) in [6.45, 7) is 1.45. The number of carbonyl (C=O) groups is 2. The molecule has 0 aromatic heterocycles. The van der Waals surface area contributed by atoms with Crippen LogP contribution in [-0.2, 0) is 11.2 Å². The van der Waals surface area contributed by atoms with Gasteiger partial charge in [-0.3, -0.25) is 9.59 Å². The molecule has 1 amide bonds. The first-order chi connectivity index (χ1) is 7.04. The number of ether oxygens (including phenoxy) is 1. The van der Waals surface area contributed by atoms with E-state index in [-0.39, 0.29) is 12.2 Å². The van der Waals surface area contributed by atoms with Gasteiger partial charge < -0.3 is 10.5 Å². The van der Waals surface area contributed by atoms with Crippen molar-refractivity contribution >= 4 is 11.7 Å². The summed E-state index contributed by atoms with van der Waals surface area (Å²) in [5, 5.41) is 0. The van der Waals surface area contributed by atoms with E-state index in [1.54, 1.807) is 18.2 Å². The van der Waals surface area contributed by atoms with Crippen molar-refractivity contribution < 1.29 is 14.3 Å². The Hall–Kier alpha value is -1.84. The van der Waals surface area contributed by atoms with Gasteiger partial charge in [0.2, 0.25) is 5.91 Å². The SMILES string of the molecule is COc1ccc(CC(N)=O)cc1C(C)=O. The largest absolute Gasteiger partial charge is 0.496 e. The van der Waals surface area contributed by atoms with Crippen LogP contribution in [0.5, 0.6) is 5.75 Å². The Labute approximate surface area is 88.0 Å². The van der Waals surface area contributed by atoms with Gasteiger partial charge in [-0.05, 0) is 24.6 Å². The van der Waals surface area contributed by atoms with E-state index in [1.807, 2.05) is 0 Å². The van der Waals surface area contributed by atoms with Gasteiger partial charge in [-0.15, -0.1) is 0 Å². The zero-order chi connectivity index (χ0) is 11.4. The molecule has 0 aliphatic heterocycles. The van der Waals surface area contributed by atoms with Crippen molar-refractivity contribution in [1.29, 1.82) is 0 Å². The van der Waals surface area contributed by atoms with E-state index in [0.717, 1.165) is 0 Å². The van der Waals surface area contributed by atoms with Crippen LogP contribution in [0.25, 0.3) is 0 Å². The van der Waals surface area contributed by atoms with Crippen LogP contribution < -0.4 is 10.5 Å². The zero-order valence-electron chi connectivity index (χ0n) is 8.74. The average Bonchev–Trinajstić information content (AvgIpc) is 2.16. The van der Waals surface area contributed by atoms with Crippen molar-refractivity contribution in [3.05, 3.63) is 29.3 Å². The Kier molecular flexibility index (Phi) is 3.44. The number of hydrogen-bond acceptors (Lipinski definition) is 3. The van der Waals surface area contributed by atoms with E-state index in [0.29, 0.717) is 16.9 Å². The van der Waals surface area contributed by atoms with Crippen molar-refractivity contribution in [3.63, 3.8) is 0 Å². The van der Waals surface area contributed by atoms with Crippen molar-refractivity contribution in [2.45, 2.75) is 13.3 Å². The third-order valence-corrected chi connectivity index (χ3v) is 2.02. The maximum Gasteiger partial charge on any atom is 0.221 e. The molecule has 0 bridgehead atoms. The van der Waals surface area contributed by atoms with Gasteiger partial charge in [0.15, 0.2) is 5.78 Å². The van der Waals surface area contributed by atoms with Crippen LogP contribution >= 0.6 is 0 Å². The van der Waals surface area contributed by atoms with E-state index >= 15 is 0 Å². The molecule has 0 unspecified atom stereocenters. The summed E-state index contributed by atoms with van der Waals surface area (Å²) in [7, 11) is 1.50. The van der Waals surface area contributed by atoms with Gasteiger partial charge in [0.05, 0.1) is 19.1 Å². The molecule has 0 saturated heterocycles. The zero-order valence-corrected chi connectivity index (χ0v) is 8.74. The minimum atomic E-state index is -0.422. The van der Waals surface area contributed by atoms with Crippen molar-refractivity contribution in [3.8, 4) is 5.75 Å². The maximum atomic E-state index is 11.3. The smallest absolute Gasteiger partial charge is 0.221 e. The molecule has 1 aromatic rings. The predicted molar refractivity (Wildman–Crippen MR) is 55.9 cm³/mol. The molecule has 2 N–H and O–H groups in total. The topological polar surface area (TPSA) is 69.4 Å².